The number of carbonyl (C=O) groups excluding carboxylic acids is 3. The van der Waals surface area contributed by atoms with Gasteiger partial charge in [-0.1, -0.05) is 0 Å². The number of hydrogen-bond acceptors (Lipinski definition) is 5. The van der Waals surface area contributed by atoms with Gasteiger partial charge in [-0.25, -0.2) is 19.7 Å². The molecule has 7 heteroatoms. The number of amides is 4. The van der Waals surface area contributed by atoms with Gasteiger partial charge in [0.2, 0.25) is 11.8 Å². The van der Waals surface area contributed by atoms with Gasteiger partial charge >= 0.3 is 6.03 Å². The third-order valence-corrected chi connectivity index (χ3v) is 2.53. The molecule has 1 fully saturated rings. The summed E-state index contributed by atoms with van der Waals surface area (Å²) in [5.74, 6) is -1.21. The predicted octanol–water partition coefficient (Wildman–Crippen LogP) is 0.0856. The van der Waals surface area contributed by atoms with Crippen LogP contribution in [0.15, 0.2) is 18.7 Å². The third-order valence-electron chi connectivity index (χ3n) is 2.53. The minimum Gasteiger partial charge on any atom is -0.276 e. The van der Waals surface area contributed by atoms with Crippen molar-refractivity contribution in [1.29, 1.82) is 0 Å². The van der Waals surface area contributed by atoms with E-state index in [1.807, 2.05) is 0 Å². The summed E-state index contributed by atoms with van der Waals surface area (Å²) in [4.78, 5) is 43.5. The zero-order chi connectivity index (χ0) is 12.6. The number of nitrogens with zero attached hydrogens (tertiary/aromatic N) is 3. The first kappa shape index (κ1) is 11.2. The molecule has 0 bridgehead atoms. The Morgan fingerprint density at radius 3 is 2.35 bits per heavy atom. The Morgan fingerprint density at radius 2 is 1.76 bits per heavy atom. The van der Waals surface area contributed by atoms with Crippen molar-refractivity contribution in [3.63, 3.8) is 0 Å². The van der Waals surface area contributed by atoms with E-state index in [1.165, 1.54) is 32.6 Å². The lowest BCUT2D eigenvalue weighted by molar-refractivity contribution is -0.140. The van der Waals surface area contributed by atoms with Crippen molar-refractivity contribution in [2.45, 2.75) is 13.8 Å². The zero-order valence-corrected chi connectivity index (χ0v) is 9.30. The molecule has 17 heavy (non-hydrogen) atoms. The number of carbonyl (C=O) groups is 3. The maximum Gasteiger partial charge on any atom is 0.335 e. The molecule has 1 aliphatic rings. The van der Waals surface area contributed by atoms with Crippen LogP contribution in [0.3, 0.4) is 0 Å². The van der Waals surface area contributed by atoms with E-state index in [4.69, 9.17) is 0 Å². The van der Waals surface area contributed by atoms with Crippen LogP contribution in [0.25, 0.3) is 0 Å². The van der Waals surface area contributed by atoms with Gasteiger partial charge in [-0.15, -0.1) is 0 Å². The van der Waals surface area contributed by atoms with Crippen LogP contribution in [0.4, 0.5) is 10.5 Å². The number of aromatic nitrogens is 2. The molecule has 7 nitrogen and oxygen atoms in total. The fourth-order valence-corrected chi connectivity index (χ4v) is 1.42. The van der Waals surface area contributed by atoms with Gasteiger partial charge in [0.05, 0.1) is 18.1 Å². The van der Waals surface area contributed by atoms with Gasteiger partial charge < -0.3 is 0 Å². The topological polar surface area (TPSA) is 92.3 Å². The summed E-state index contributed by atoms with van der Waals surface area (Å²) in [6.45, 7) is 2.90. The van der Waals surface area contributed by atoms with Crippen LogP contribution in [0.2, 0.25) is 0 Å². The molecule has 4 amide bonds. The van der Waals surface area contributed by atoms with Gasteiger partial charge in [-0.05, 0) is 13.8 Å². The lowest BCUT2D eigenvalue weighted by Crippen LogP contribution is -2.62. The third kappa shape index (κ3) is 1.65. The number of rotatable bonds is 1. The van der Waals surface area contributed by atoms with E-state index in [-0.39, 0.29) is 5.69 Å². The highest BCUT2D eigenvalue weighted by atomic mass is 16.2. The average molecular weight is 234 g/mol. The van der Waals surface area contributed by atoms with Crippen molar-refractivity contribution < 1.29 is 14.4 Å². The number of anilines is 1. The van der Waals surface area contributed by atoms with E-state index in [9.17, 15) is 14.4 Å². The van der Waals surface area contributed by atoms with Crippen molar-refractivity contribution in [1.82, 2.24) is 15.3 Å². The number of barbiturate groups is 1. The molecule has 0 spiro atoms. The van der Waals surface area contributed by atoms with Crippen molar-refractivity contribution in [2.75, 3.05) is 4.90 Å². The quantitative estimate of drug-likeness (QED) is 0.695. The predicted molar refractivity (Wildman–Crippen MR) is 56.8 cm³/mol. The molecular weight excluding hydrogens is 224 g/mol. The molecular formula is C10H10N4O3. The molecule has 1 aromatic rings. The van der Waals surface area contributed by atoms with Crippen molar-refractivity contribution in [3.8, 4) is 0 Å². The van der Waals surface area contributed by atoms with E-state index < -0.39 is 23.3 Å². The van der Waals surface area contributed by atoms with Gasteiger partial charge in [0, 0.05) is 0 Å². The van der Waals surface area contributed by atoms with Crippen LogP contribution in [0.1, 0.15) is 13.8 Å². The van der Waals surface area contributed by atoms with E-state index >= 15 is 0 Å². The highest BCUT2D eigenvalue weighted by molar-refractivity contribution is 6.29. The van der Waals surface area contributed by atoms with E-state index in [1.54, 1.807) is 0 Å². The summed E-state index contributed by atoms with van der Waals surface area (Å²) in [5.41, 5.74) is -1.06. The fourth-order valence-electron chi connectivity index (χ4n) is 1.42. The average Bonchev–Trinajstić information content (AvgIpc) is 2.28. The van der Waals surface area contributed by atoms with Crippen LogP contribution >= 0.6 is 0 Å². The maximum absolute atomic E-state index is 12.1. The lowest BCUT2D eigenvalue weighted by atomic mass is 9.88. The van der Waals surface area contributed by atoms with Crippen LogP contribution < -0.4 is 10.2 Å². The number of urea groups is 1. The SMILES string of the molecule is CC1(C)C(=O)NC(=O)N(c2cncnc2)C1=O. The van der Waals surface area contributed by atoms with Crippen molar-refractivity contribution in [3.05, 3.63) is 18.7 Å². The minimum atomic E-state index is -1.29. The van der Waals surface area contributed by atoms with Gasteiger partial charge in [0.15, 0.2) is 0 Å². The van der Waals surface area contributed by atoms with E-state index in [0.717, 1.165) is 4.90 Å². The molecule has 0 unspecified atom stereocenters. The summed E-state index contributed by atoms with van der Waals surface area (Å²) < 4.78 is 0. The van der Waals surface area contributed by atoms with E-state index in [0.29, 0.717) is 0 Å². The van der Waals surface area contributed by atoms with Gasteiger partial charge in [-0.2, -0.15) is 0 Å². The summed E-state index contributed by atoms with van der Waals surface area (Å²) in [5, 5.41) is 2.12. The Morgan fingerprint density at radius 1 is 1.18 bits per heavy atom. The molecule has 88 valence electrons. The molecule has 2 heterocycles. The second kappa shape index (κ2) is 3.62. The van der Waals surface area contributed by atoms with E-state index in [2.05, 4.69) is 15.3 Å². The Balaban J connectivity index is 2.45. The largest absolute Gasteiger partial charge is 0.335 e. The minimum absolute atomic E-state index is 0.232. The number of hydrogen-bond donors (Lipinski definition) is 1. The normalized spacial score (nSPS) is 19.2. The summed E-state index contributed by atoms with van der Waals surface area (Å²) >= 11 is 0. The zero-order valence-electron chi connectivity index (χ0n) is 9.30. The van der Waals surface area contributed by atoms with Gasteiger partial charge in [0.1, 0.15) is 11.7 Å². The first-order valence-corrected chi connectivity index (χ1v) is 4.89. The van der Waals surface area contributed by atoms with Crippen LogP contribution in [0.5, 0.6) is 0 Å². The second-order valence-electron chi connectivity index (χ2n) is 4.12. The molecule has 1 N–H and O–H groups in total. The monoisotopic (exact) mass is 234 g/mol. The molecule has 0 aliphatic carbocycles. The first-order valence-electron chi connectivity index (χ1n) is 4.89. The molecule has 0 saturated carbocycles. The maximum atomic E-state index is 12.1. The van der Waals surface area contributed by atoms with Crippen molar-refractivity contribution >= 4 is 23.5 Å². The van der Waals surface area contributed by atoms with Crippen LogP contribution in [0, 0.1) is 5.41 Å². The number of imide groups is 2. The Bertz CT molecular complexity index is 498. The van der Waals surface area contributed by atoms with Gasteiger partial charge in [0.25, 0.3) is 0 Å². The van der Waals surface area contributed by atoms with Gasteiger partial charge in [-0.3, -0.25) is 14.9 Å². The highest BCUT2D eigenvalue weighted by Gasteiger charge is 2.47. The Hall–Kier alpha value is -2.31. The molecule has 1 aliphatic heterocycles. The molecule has 1 saturated heterocycles. The summed E-state index contributed by atoms with van der Waals surface area (Å²) in [6, 6.07) is -0.783. The lowest BCUT2D eigenvalue weighted by Gasteiger charge is -2.33. The first-order chi connectivity index (χ1) is 7.94. The molecule has 0 radical (unpaired) electrons. The van der Waals surface area contributed by atoms with Crippen molar-refractivity contribution in [2.24, 2.45) is 5.41 Å². The Labute approximate surface area is 96.8 Å². The summed E-state index contributed by atoms with van der Waals surface area (Å²) in [6.07, 6.45) is 3.94. The molecule has 0 atom stereocenters. The summed E-state index contributed by atoms with van der Waals surface area (Å²) in [7, 11) is 0. The standard InChI is InChI=1S/C10H10N4O3/c1-10(2)7(15)13-9(17)14(8(10)16)6-3-11-5-12-4-6/h3-5H,1-2H3,(H,13,15,17). The second-order valence-corrected chi connectivity index (χ2v) is 4.12. The van der Waals surface area contributed by atoms with Crippen LogP contribution in [-0.2, 0) is 9.59 Å². The molecule has 1 aromatic heterocycles. The fraction of sp³-hybridized carbons (Fsp3) is 0.300. The molecule has 0 aromatic carbocycles. The van der Waals surface area contributed by atoms with Crippen LogP contribution in [-0.4, -0.2) is 27.8 Å². The smallest absolute Gasteiger partial charge is 0.276 e. The highest BCUT2D eigenvalue weighted by Crippen LogP contribution is 2.26. The number of nitrogens with one attached hydrogen (secondary N) is 1. The molecule has 2 rings (SSSR count). The Kier molecular flexibility index (Phi) is 2.38.